The van der Waals surface area contributed by atoms with Crippen molar-refractivity contribution < 1.29 is 9.53 Å². The average Bonchev–Trinajstić information content (AvgIpc) is 2.47. The van der Waals surface area contributed by atoms with Crippen LogP contribution in [0.1, 0.15) is 23.7 Å². The Morgan fingerprint density at radius 1 is 1.42 bits per heavy atom. The summed E-state index contributed by atoms with van der Waals surface area (Å²) >= 11 is 0. The lowest BCUT2D eigenvalue weighted by atomic mass is 10.0. The number of hydrogen-bond acceptors (Lipinski definition) is 3. The first-order chi connectivity index (χ1) is 9.31. The Morgan fingerprint density at radius 3 is 2.95 bits per heavy atom. The second kappa shape index (κ2) is 7.08. The molecule has 2 rings (SSSR count). The zero-order valence-corrected chi connectivity index (χ0v) is 11.3. The van der Waals surface area contributed by atoms with E-state index in [1.807, 2.05) is 37.3 Å². The summed E-state index contributed by atoms with van der Waals surface area (Å²) in [6.45, 7) is 4.74. The zero-order chi connectivity index (χ0) is 13.5. The predicted molar refractivity (Wildman–Crippen MR) is 75.0 cm³/mol. The summed E-state index contributed by atoms with van der Waals surface area (Å²) in [7, 11) is 0. The maximum absolute atomic E-state index is 12.2. The van der Waals surface area contributed by atoms with Gasteiger partial charge < -0.3 is 4.74 Å². The van der Waals surface area contributed by atoms with Gasteiger partial charge in [0.25, 0.3) is 0 Å². The number of ether oxygens (including phenoxy) is 1. The molecular weight excluding hydrogens is 238 g/mol. The summed E-state index contributed by atoms with van der Waals surface area (Å²) in [6.07, 6.45) is 0.495. The highest BCUT2D eigenvalue weighted by Gasteiger charge is 2.24. The Balaban J connectivity index is 1.98. The molecule has 1 saturated heterocycles. The number of Topliss-reactive ketones (excluding diaryl/α,β-unsaturated/α-hetero) is 1. The van der Waals surface area contributed by atoms with Crippen LogP contribution in [0.25, 0.3) is 0 Å². The van der Waals surface area contributed by atoms with Gasteiger partial charge in [-0.05, 0) is 6.92 Å². The van der Waals surface area contributed by atoms with Gasteiger partial charge in [-0.25, -0.2) is 0 Å². The van der Waals surface area contributed by atoms with Crippen LogP contribution in [0.5, 0.6) is 0 Å². The van der Waals surface area contributed by atoms with Gasteiger partial charge in [-0.3, -0.25) is 9.69 Å². The van der Waals surface area contributed by atoms with E-state index in [9.17, 15) is 4.79 Å². The molecule has 0 aromatic heterocycles. The molecule has 1 aliphatic heterocycles. The Labute approximate surface area is 114 Å². The van der Waals surface area contributed by atoms with E-state index in [4.69, 9.17) is 4.74 Å². The van der Waals surface area contributed by atoms with Crippen molar-refractivity contribution in [3.8, 4) is 11.8 Å². The molecule has 0 aliphatic carbocycles. The van der Waals surface area contributed by atoms with E-state index >= 15 is 0 Å². The highest BCUT2D eigenvalue weighted by Crippen LogP contribution is 2.13. The van der Waals surface area contributed by atoms with Crippen LogP contribution in [0, 0.1) is 11.8 Å². The van der Waals surface area contributed by atoms with Gasteiger partial charge >= 0.3 is 0 Å². The molecule has 0 N–H and O–H groups in total. The van der Waals surface area contributed by atoms with Gasteiger partial charge in [0.2, 0.25) is 0 Å². The first kappa shape index (κ1) is 13.8. The summed E-state index contributed by atoms with van der Waals surface area (Å²) in [5, 5.41) is 0. The van der Waals surface area contributed by atoms with E-state index in [0.717, 1.165) is 18.7 Å². The Bertz CT molecular complexity index is 473. The fourth-order valence-electron chi connectivity index (χ4n) is 2.22. The van der Waals surface area contributed by atoms with Crippen molar-refractivity contribution in [3.63, 3.8) is 0 Å². The van der Waals surface area contributed by atoms with Gasteiger partial charge in [0, 0.05) is 24.6 Å². The molecule has 19 heavy (non-hydrogen) atoms. The van der Waals surface area contributed by atoms with Crippen LogP contribution < -0.4 is 0 Å². The molecule has 100 valence electrons. The van der Waals surface area contributed by atoms with Crippen molar-refractivity contribution in [2.75, 3.05) is 26.3 Å². The number of benzene rings is 1. The second-order valence-corrected chi connectivity index (χ2v) is 4.62. The predicted octanol–water partition coefficient (Wildman–Crippen LogP) is 1.98. The van der Waals surface area contributed by atoms with E-state index in [1.165, 1.54) is 0 Å². The third-order valence-corrected chi connectivity index (χ3v) is 3.33. The molecule has 3 heteroatoms. The van der Waals surface area contributed by atoms with E-state index in [2.05, 4.69) is 16.7 Å². The van der Waals surface area contributed by atoms with Crippen LogP contribution in [-0.2, 0) is 4.74 Å². The lowest BCUT2D eigenvalue weighted by Gasteiger charge is -2.33. The van der Waals surface area contributed by atoms with E-state index in [1.54, 1.807) is 0 Å². The number of morpholine rings is 1. The number of ketones is 1. The van der Waals surface area contributed by atoms with Crippen molar-refractivity contribution in [1.82, 2.24) is 4.90 Å². The SMILES string of the molecule is CC#CCN1CCOC[C@@H]1CC(=O)c1ccccc1. The van der Waals surface area contributed by atoms with Crippen LogP contribution in [-0.4, -0.2) is 43.0 Å². The molecule has 0 amide bonds. The minimum absolute atomic E-state index is 0.141. The van der Waals surface area contributed by atoms with Gasteiger partial charge in [-0.15, -0.1) is 5.92 Å². The van der Waals surface area contributed by atoms with Crippen LogP contribution in [0.4, 0.5) is 0 Å². The normalized spacial score (nSPS) is 19.5. The number of rotatable bonds is 4. The third-order valence-electron chi connectivity index (χ3n) is 3.33. The maximum atomic E-state index is 12.2. The molecule has 3 nitrogen and oxygen atoms in total. The van der Waals surface area contributed by atoms with Crippen molar-refractivity contribution in [2.45, 2.75) is 19.4 Å². The smallest absolute Gasteiger partial charge is 0.164 e. The number of nitrogens with zero attached hydrogens (tertiary/aromatic N) is 1. The number of carbonyl (C=O) groups is 1. The van der Waals surface area contributed by atoms with Crippen LogP contribution in [0.2, 0.25) is 0 Å². The highest BCUT2D eigenvalue weighted by molar-refractivity contribution is 5.96. The molecule has 0 spiro atoms. The Kier molecular flexibility index (Phi) is 5.14. The molecular formula is C16H19NO2. The summed E-state index contributed by atoms with van der Waals surface area (Å²) in [4.78, 5) is 14.5. The molecule has 1 aromatic rings. The summed E-state index contributed by atoms with van der Waals surface area (Å²) in [5.41, 5.74) is 0.773. The minimum atomic E-state index is 0.141. The van der Waals surface area contributed by atoms with Gasteiger partial charge in [0.15, 0.2) is 5.78 Å². The van der Waals surface area contributed by atoms with Crippen molar-refractivity contribution in [2.24, 2.45) is 0 Å². The van der Waals surface area contributed by atoms with E-state index < -0.39 is 0 Å². The lowest BCUT2D eigenvalue weighted by molar-refractivity contribution is -0.00204. The van der Waals surface area contributed by atoms with Crippen LogP contribution in [0.3, 0.4) is 0 Å². The average molecular weight is 257 g/mol. The second-order valence-electron chi connectivity index (χ2n) is 4.62. The summed E-state index contributed by atoms with van der Waals surface area (Å²) in [6, 6.07) is 9.58. The van der Waals surface area contributed by atoms with Crippen molar-refractivity contribution in [1.29, 1.82) is 0 Å². The number of carbonyl (C=O) groups excluding carboxylic acids is 1. The molecule has 1 aliphatic rings. The van der Waals surface area contributed by atoms with Gasteiger partial charge in [0.05, 0.1) is 19.8 Å². The molecule has 0 bridgehead atoms. The van der Waals surface area contributed by atoms with Crippen molar-refractivity contribution in [3.05, 3.63) is 35.9 Å². The Hall–Kier alpha value is -1.63. The quantitative estimate of drug-likeness (QED) is 0.610. The van der Waals surface area contributed by atoms with Gasteiger partial charge in [-0.1, -0.05) is 36.3 Å². The first-order valence-corrected chi connectivity index (χ1v) is 6.61. The van der Waals surface area contributed by atoms with Crippen molar-refractivity contribution >= 4 is 5.78 Å². The van der Waals surface area contributed by atoms with Gasteiger partial charge in [0.1, 0.15) is 0 Å². The monoisotopic (exact) mass is 257 g/mol. The minimum Gasteiger partial charge on any atom is -0.378 e. The molecule has 0 unspecified atom stereocenters. The first-order valence-electron chi connectivity index (χ1n) is 6.61. The van der Waals surface area contributed by atoms with Crippen LogP contribution in [0.15, 0.2) is 30.3 Å². The fourth-order valence-corrected chi connectivity index (χ4v) is 2.22. The summed E-state index contributed by atoms with van der Waals surface area (Å²) < 4.78 is 5.49. The molecule has 1 atom stereocenters. The molecule has 1 heterocycles. The molecule has 1 aromatic carbocycles. The topological polar surface area (TPSA) is 29.5 Å². The standard InChI is InChI=1S/C16H19NO2/c1-2-3-9-17-10-11-19-13-15(17)12-16(18)14-7-5-4-6-8-14/h4-8,15H,9-13H2,1H3/t15-/m0/s1. The van der Waals surface area contributed by atoms with Crippen LogP contribution >= 0.6 is 0 Å². The number of hydrogen-bond donors (Lipinski definition) is 0. The zero-order valence-electron chi connectivity index (χ0n) is 11.3. The largest absolute Gasteiger partial charge is 0.378 e. The maximum Gasteiger partial charge on any atom is 0.164 e. The molecule has 0 saturated carbocycles. The summed E-state index contributed by atoms with van der Waals surface area (Å²) in [5.74, 6) is 6.14. The fraction of sp³-hybridized carbons (Fsp3) is 0.438. The molecule has 1 fully saturated rings. The van der Waals surface area contributed by atoms with E-state index in [-0.39, 0.29) is 11.8 Å². The molecule has 0 radical (unpaired) electrons. The highest BCUT2D eigenvalue weighted by atomic mass is 16.5. The lowest BCUT2D eigenvalue weighted by Crippen LogP contribution is -2.46. The van der Waals surface area contributed by atoms with Gasteiger partial charge in [-0.2, -0.15) is 0 Å². The Morgan fingerprint density at radius 2 is 2.21 bits per heavy atom. The third kappa shape index (κ3) is 3.92. The van der Waals surface area contributed by atoms with E-state index in [0.29, 0.717) is 19.6 Å².